The van der Waals surface area contributed by atoms with Gasteiger partial charge in [0.1, 0.15) is 0 Å². The Hall–Kier alpha value is -1.36. The van der Waals surface area contributed by atoms with Crippen LogP contribution in [0.15, 0.2) is 27.6 Å². The van der Waals surface area contributed by atoms with Gasteiger partial charge in [-0.2, -0.15) is 0 Å². The quantitative estimate of drug-likeness (QED) is 0.852. The molecule has 0 spiro atoms. The van der Waals surface area contributed by atoms with Crippen LogP contribution in [0.3, 0.4) is 0 Å². The van der Waals surface area contributed by atoms with Crippen molar-refractivity contribution in [2.24, 2.45) is 0 Å². The second kappa shape index (κ2) is 5.50. The molecule has 0 aliphatic heterocycles. The van der Waals surface area contributed by atoms with E-state index in [1.807, 2.05) is 0 Å². The molecule has 0 atom stereocenters. The fourth-order valence-corrected chi connectivity index (χ4v) is 1.32. The van der Waals surface area contributed by atoms with E-state index in [0.717, 1.165) is 4.47 Å². The number of carbonyl (C=O) groups excluding carboxylic acids is 1. The summed E-state index contributed by atoms with van der Waals surface area (Å²) >= 11 is 3.24. The highest BCUT2D eigenvalue weighted by atomic mass is 79.9. The van der Waals surface area contributed by atoms with Gasteiger partial charge in [-0.05, 0) is 22.0 Å². The SMILES string of the molecule is COC(=O)CC=Cc1cc(Br)c[nH]c1=O. The minimum atomic E-state index is -0.335. The topological polar surface area (TPSA) is 59.2 Å². The Morgan fingerprint density at radius 2 is 2.40 bits per heavy atom. The monoisotopic (exact) mass is 271 g/mol. The lowest BCUT2D eigenvalue weighted by Crippen LogP contribution is -2.07. The van der Waals surface area contributed by atoms with Crippen LogP contribution >= 0.6 is 15.9 Å². The summed E-state index contributed by atoms with van der Waals surface area (Å²) in [7, 11) is 1.32. The molecule has 1 heterocycles. The molecule has 0 saturated heterocycles. The number of pyridine rings is 1. The minimum absolute atomic E-state index is 0.155. The van der Waals surface area contributed by atoms with Crippen LogP contribution in [0.4, 0.5) is 0 Å². The number of aromatic amines is 1. The summed E-state index contributed by atoms with van der Waals surface area (Å²) < 4.78 is 5.23. The number of rotatable bonds is 3. The number of methoxy groups -OCH3 is 1. The summed E-state index contributed by atoms with van der Waals surface area (Å²) in [5, 5.41) is 0. The predicted molar refractivity (Wildman–Crippen MR) is 60.4 cm³/mol. The van der Waals surface area contributed by atoms with Gasteiger partial charge < -0.3 is 9.72 Å². The van der Waals surface area contributed by atoms with E-state index in [4.69, 9.17) is 0 Å². The summed E-state index contributed by atoms with van der Waals surface area (Å²) in [6.45, 7) is 0. The highest BCUT2D eigenvalue weighted by Crippen LogP contribution is 2.07. The van der Waals surface area contributed by atoms with E-state index in [9.17, 15) is 9.59 Å². The first-order valence-corrected chi connectivity index (χ1v) is 5.04. The standard InChI is InChI=1S/C10H10BrNO3/c1-15-9(13)4-2-3-7-5-8(11)6-12-10(7)14/h2-3,5-6H,4H2,1H3,(H,12,14). The Morgan fingerprint density at radius 1 is 1.67 bits per heavy atom. The highest BCUT2D eigenvalue weighted by Gasteiger charge is 1.97. The van der Waals surface area contributed by atoms with E-state index in [0.29, 0.717) is 5.56 Å². The Labute approximate surface area is 95.1 Å². The Balaban J connectivity index is 2.76. The summed E-state index contributed by atoms with van der Waals surface area (Å²) in [6.07, 6.45) is 4.88. The van der Waals surface area contributed by atoms with Gasteiger partial charge >= 0.3 is 5.97 Å². The summed E-state index contributed by atoms with van der Waals surface area (Å²) in [6, 6.07) is 1.67. The van der Waals surface area contributed by atoms with Crippen molar-refractivity contribution in [2.45, 2.75) is 6.42 Å². The van der Waals surface area contributed by atoms with Gasteiger partial charge in [0.15, 0.2) is 0 Å². The zero-order valence-corrected chi connectivity index (χ0v) is 9.71. The van der Waals surface area contributed by atoms with Crippen LogP contribution < -0.4 is 5.56 Å². The van der Waals surface area contributed by atoms with Crippen LogP contribution in [-0.4, -0.2) is 18.1 Å². The van der Waals surface area contributed by atoms with E-state index in [-0.39, 0.29) is 17.9 Å². The van der Waals surface area contributed by atoms with Gasteiger partial charge in [-0.1, -0.05) is 12.2 Å². The molecule has 0 saturated carbocycles. The van der Waals surface area contributed by atoms with E-state index in [1.54, 1.807) is 24.4 Å². The molecular formula is C10H10BrNO3. The first kappa shape index (κ1) is 11.7. The highest BCUT2D eigenvalue weighted by molar-refractivity contribution is 9.10. The van der Waals surface area contributed by atoms with E-state index < -0.39 is 0 Å². The number of ether oxygens (including phenoxy) is 1. The Bertz CT molecular complexity index is 437. The third-order valence-electron chi connectivity index (χ3n) is 1.71. The van der Waals surface area contributed by atoms with Crippen molar-refractivity contribution >= 4 is 28.0 Å². The van der Waals surface area contributed by atoms with Crippen LogP contribution in [0.2, 0.25) is 0 Å². The number of esters is 1. The van der Waals surface area contributed by atoms with Gasteiger partial charge in [0.25, 0.3) is 5.56 Å². The molecule has 1 N–H and O–H groups in total. The number of H-pyrrole nitrogens is 1. The van der Waals surface area contributed by atoms with Gasteiger partial charge in [-0.15, -0.1) is 0 Å². The molecule has 0 aliphatic carbocycles. The smallest absolute Gasteiger partial charge is 0.309 e. The normalized spacial score (nSPS) is 10.5. The van der Waals surface area contributed by atoms with Gasteiger partial charge in [0.2, 0.25) is 0 Å². The molecule has 0 radical (unpaired) electrons. The van der Waals surface area contributed by atoms with Gasteiger partial charge in [0, 0.05) is 16.2 Å². The number of hydrogen-bond acceptors (Lipinski definition) is 3. The predicted octanol–water partition coefficient (Wildman–Crippen LogP) is 1.71. The average Bonchev–Trinajstić information content (AvgIpc) is 2.23. The summed E-state index contributed by atoms with van der Waals surface area (Å²) in [4.78, 5) is 24.6. The van der Waals surface area contributed by atoms with Gasteiger partial charge in [-0.3, -0.25) is 9.59 Å². The van der Waals surface area contributed by atoms with Crippen LogP contribution in [0.5, 0.6) is 0 Å². The Kier molecular flexibility index (Phi) is 4.30. The number of nitrogens with one attached hydrogen (secondary N) is 1. The van der Waals surface area contributed by atoms with Crippen LogP contribution in [0.25, 0.3) is 6.08 Å². The number of hydrogen-bond donors (Lipinski definition) is 1. The lowest BCUT2D eigenvalue weighted by molar-refractivity contribution is -0.139. The summed E-state index contributed by atoms with van der Waals surface area (Å²) in [5.41, 5.74) is 0.299. The minimum Gasteiger partial charge on any atom is -0.469 e. The second-order valence-corrected chi connectivity index (χ2v) is 3.70. The fourth-order valence-electron chi connectivity index (χ4n) is 0.963. The largest absolute Gasteiger partial charge is 0.469 e. The molecule has 1 rings (SSSR count). The number of aromatic nitrogens is 1. The molecular weight excluding hydrogens is 262 g/mol. The van der Waals surface area contributed by atoms with Gasteiger partial charge in [-0.25, -0.2) is 0 Å². The molecule has 0 aromatic carbocycles. The van der Waals surface area contributed by atoms with Gasteiger partial charge in [0.05, 0.1) is 13.5 Å². The average molecular weight is 272 g/mol. The molecule has 5 heteroatoms. The molecule has 80 valence electrons. The summed E-state index contributed by atoms with van der Waals surface area (Å²) in [5.74, 6) is -0.335. The van der Waals surface area contributed by atoms with Crippen molar-refractivity contribution < 1.29 is 9.53 Å². The van der Waals surface area contributed by atoms with E-state index in [1.165, 1.54) is 7.11 Å². The van der Waals surface area contributed by atoms with Crippen molar-refractivity contribution in [2.75, 3.05) is 7.11 Å². The maximum atomic E-state index is 11.3. The first-order valence-electron chi connectivity index (χ1n) is 4.25. The second-order valence-electron chi connectivity index (χ2n) is 2.78. The maximum absolute atomic E-state index is 11.3. The maximum Gasteiger partial charge on any atom is 0.309 e. The lowest BCUT2D eigenvalue weighted by Gasteiger charge is -1.94. The molecule has 15 heavy (non-hydrogen) atoms. The van der Waals surface area contributed by atoms with E-state index in [2.05, 4.69) is 25.7 Å². The van der Waals surface area contributed by atoms with Crippen LogP contribution in [-0.2, 0) is 9.53 Å². The molecule has 0 amide bonds. The van der Waals surface area contributed by atoms with Crippen LogP contribution in [0, 0.1) is 0 Å². The first-order chi connectivity index (χ1) is 7.13. The molecule has 0 fully saturated rings. The van der Waals surface area contributed by atoms with Crippen molar-refractivity contribution in [1.29, 1.82) is 0 Å². The number of carbonyl (C=O) groups is 1. The molecule has 0 unspecified atom stereocenters. The molecule has 4 nitrogen and oxygen atoms in total. The Morgan fingerprint density at radius 3 is 3.07 bits per heavy atom. The van der Waals surface area contributed by atoms with Crippen LogP contribution in [0.1, 0.15) is 12.0 Å². The van der Waals surface area contributed by atoms with Crippen molar-refractivity contribution in [3.8, 4) is 0 Å². The lowest BCUT2D eigenvalue weighted by atomic mass is 10.2. The van der Waals surface area contributed by atoms with Crippen molar-refractivity contribution in [1.82, 2.24) is 4.98 Å². The third-order valence-corrected chi connectivity index (χ3v) is 2.16. The molecule has 0 bridgehead atoms. The molecule has 1 aromatic rings. The van der Waals surface area contributed by atoms with E-state index >= 15 is 0 Å². The number of halogens is 1. The zero-order chi connectivity index (χ0) is 11.3. The van der Waals surface area contributed by atoms with Crippen molar-refractivity contribution in [3.05, 3.63) is 38.7 Å². The molecule has 0 aliphatic rings. The molecule has 1 aromatic heterocycles. The zero-order valence-electron chi connectivity index (χ0n) is 8.12. The third kappa shape index (κ3) is 3.71. The fraction of sp³-hybridized carbons (Fsp3) is 0.200. The van der Waals surface area contributed by atoms with Crippen molar-refractivity contribution in [3.63, 3.8) is 0 Å².